The van der Waals surface area contributed by atoms with Crippen molar-refractivity contribution >= 4 is 40.9 Å². The molecule has 118 valence electrons. The molecule has 1 aromatic rings. The molecule has 1 rings (SSSR count). The van der Waals surface area contributed by atoms with Crippen LogP contribution in [0.2, 0.25) is 10.0 Å². The molecule has 0 saturated carbocycles. The fraction of sp³-hybridized carbons (Fsp3) is 0.562. The molecule has 5 heteroatoms. The minimum atomic E-state index is 0.0810. The van der Waals surface area contributed by atoms with Gasteiger partial charge < -0.3 is 5.32 Å². The summed E-state index contributed by atoms with van der Waals surface area (Å²) >= 11 is 13.5. The number of halogens is 2. The first-order valence-corrected chi connectivity index (χ1v) is 9.03. The van der Waals surface area contributed by atoms with Crippen molar-refractivity contribution in [1.82, 2.24) is 5.32 Å². The van der Waals surface area contributed by atoms with Crippen LogP contribution in [0, 0.1) is 11.8 Å². The van der Waals surface area contributed by atoms with Gasteiger partial charge in [0, 0.05) is 21.8 Å². The monoisotopic (exact) mass is 347 g/mol. The summed E-state index contributed by atoms with van der Waals surface area (Å²) in [6, 6.07) is 5.67. The lowest BCUT2D eigenvalue weighted by atomic mass is 9.93. The summed E-state index contributed by atoms with van der Waals surface area (Å²) in [6.07, 6.45) is 0. The van der Waals surface area contributed by atoms with E-state index < -0.39 is 0 Å². The number of carbonyl (C=O) groups is 1. The molecule has 0 atom stereocenters. The van der Waals surface area contributed by atoms with E-state index in [1.807, 2.05) is 12.1 Å². The average Bonchev–Trinajstić information content (AvgIpc) is 2.37. The lowest BCUT2D eigenvalue weighted by Crippen LogP contribution is -2.43. The molecule has 0 bridgehead atoms. The molecule has 1 aromatic carbocycles. The highest BCUT2D eigenvalue weighted by atomic mass is 35.5. The third kappa shape index (κ3) is 6.50. The second kappa shape index (κ2) is 8.92. The van der Waals surface area contributed by atoms with Gasteiger partial charge >= 0.3 is 0 Å². The fourth-order valence-corrected chi connectivity index (χ4v) is 3.62. The maximum atomic E-state index is 12.0. The molecule has 1 amide bonds. The first-order valence-electron chi connectivity index (χ1n) is 7.12. The average molecular weight is 348 g/mol. The minimum absolute atomic E-state index is 0.0810. The van der Waals surface area contributed by atoms with Gasteiger partial charge in [-0.2, -0.15) is 0 Å². The van der Waals surface area contributed by atoms with Crippen LogP contribution in [0.3, 0.4) is 0 Å². The Balaban J connectivity index is 2.43. The van der Waals surface area contributed by atoms with Crippen LogP contribution in [-0.4, -0.2) is 17.7 Å². The van der Waals surface area contributed by atoms with Gasteiger partial charge in [-0.05, 0) is 29.5 Å². The summed E-state index contributed by atoms with van der Waals surface area (Å²) in [5, 5.41) is 4.39. The van der Waals surface area contributed by atoms with E-state index in [1.54, 1.807) is 17.8 Å². The van der Waals surface area contributed by atoms with Gasteiger partial charge in [-0.15, -0.1) is 11.8 Å². The smallest absolute Gasteiger partial charge is 0.230 e. The lowest BCUT2D eigenvalue weighted by Gasteiger charge is -2.26. The Hall–Kier alpha value is -0.380. The first kappa shape index (κ1) is 18.7. The second-order valence-corrected chi connectivity index (χ2v) is 7.64. The molecule has 0 aliphatic carbocycles. The Morgan fingerprint density at radius 1 is 1.19 bits per heavy atom. The molecule has 0 saturated heterocycles. The number of benzene rings is 1. The van der Waals surface area contributed by atoms with E-state index in [2.05, 4.69) is 33.0 Å². The number of rotatable bonds is 7. The number of hydrogen-bond acceptors (Lipinski definition) is 2. The molecule has 0 spiro atoms. The van der Waals surface area contributed by atoms with E-state index in [0.717, 1.165) is 5.56 Å². The molecule has 0 radical (unpaired) electrons. The molecule has 0 aliphatic rings. The van der Waals surface area contributed by atoms with E-state index in [1.165, 1.54) is 0 Å². The number of thioether (sulfide) groups is 1. The Morgan fingerprint density at radius 3 is 2.33 bits per heavy atom. The van der Waals surface area contributed by atoms with Crippen LogP contribution in [0.25, 0.3) is 0 Å². The third-order valence-corrected chi connectivity index (χ3v) is 4.84. The minimum Gasteiger partial charge on any atom is -0.352 e. The Labute approximate surface area is 142 Å². The van der Waals surface area contributed by atoms with Gasteiger partial charge in [0.25, 0.3) is 0 Å². The van der Waals surface area contributed by atoms with Gasteiger partial charge in [-0.1, -0.05) is 57.0 Å². The molecule has 0 unspecified atom stereocenters. The predicted molar refractivity (Wildman–Crippen MR) is 94.2 cm³/mol. The fourth-order valence-electron chi connectivity index (χ4n) is 2.22. The van der Waals surface area contributed by atoms with Crippen LogP contribution in [0.15, 0.2) is 18.2 Å². The van der Waals surface area contributed by atoms with Gasteiger partial charge in [0.2, 0.25) is 5.91 Å². The van der Waals surface area contributed by atoms with E-state index in [-0.39, 0.29) is 11.9 Å². The third-order valence-electron chi connectivity index (χ3n) is 3.27. The topological polar surface area (TPSA) is 29.1 Å². The van der Waals surface area contributed by atoms with Crippen LogP contribution in [-0.2, 0) is 10.5 Å². The maximum absolute atomic E-state index is 12.0. The van der Waals surface area contributed by atoms with Crippen molar-refractivity contribution in [2.75, 3.05) is 5.75 Å². The standard InChI is InChI=1S/C16H23Cl2NOS/c1-10(2)16(11(3)4)19-15(20)9-21-8-12-5-6-13(17)7-14(12)18/h5-7,10-11,16H,8-9H2,1-4H3,(H,19,20). The Bertz CT molecular complexity index is 469. The summed E-state index contributed by atoms with van der Waals surface area (Å²) in [7, 11) is 0. The molecule has 21 heavy (non-hydrogen) atoms. The highest BCUT2D eigenvalue weighted by Gasteiger charge is 2.19. The van der Waals surface area contributed by atoms with Crippen molar-refractivity contribution in [2.24, 2.45) is 11.8 Å². The van der Waals surface area contributed by atoms with Crippen molar-refractivity contribution in [3.8, 4) is 0 Å². The van der Waals surface area contributed by atoms with Crippen molar-refractivity contribution < 1.29 is 4.79 Å². The number of carbonyl (C=O) groups excluding carboxylic acids is 1. The molecular formula is C16H23Cl2NOS. The highest BCUT2D eigenvalue weighted by Crippen LogP contribution is 2.24. The van der Waals surface area contributed by atoms with Gasteiger partial charge in [0.1, 0.15) is 0 Å². The second-order valence-electron chi connectivity index (χ2n) is 5.81. The predicted octanol–water partition coefficient (Wildman–Crippen LogP) is 5.02. The van der Waals surface area contributed by atoms with Crippen LogP contribution in [0.5, 0.6) is 0 Å². The van der Waals surface area contributed by atoms with Crippen molar-refractivity contribution in [3.63, 3.8) is 0 Å². The zero-order valence-corrected chi connectivity index (χ0v) is 15.3. The van der Waals surface area contributed by atoms with E-state index in [4.69, 9.17) is 23.2 Å². The Kier molecular flexibility index (Phi) is 7.93. The van der Waals surface area contributed by atoms with E-state index >= 15 is 0 Å². The summed E-state index contributed by atoms with van der Waals surface area (Å²) in [6.45, 7) is 8.52. The number of amides is 1. The van der Waals surface area contributed by atoms with Gasteiger partial charge in [0.15, 0.2) is 0 Å². The quantitative estimate of drug-likeness (QED) is 0.749. The van der Waals surface area contributed by atoms with Crippen LogP contribution in [0.1, 0.15) is 33.3 Å². The summed E-state index contributed by atoms with van der Waals surface area (Å²) in [5.74, 6) is 2.10. The summed E-state index contributed by atoms with van der Waals surface area (Å²) in [5.41, 5.74) is 1.00. The zero-order valence-electron chi connectivity index (χ0n) is 13.0. The SMILES string of the molecule is CC(C)C(NC(=O)CSCc1ccc(Cl)cc1Cl)C(C)C. The van der Waals surface area contributed by atoms with Crippen LogP contribution < -0.4 is 5.32 Å². The largest absolute Gasteiger partial charge is 0.352 e. The lowest BCUT2D eigenvalue weighted by molar-refractivity contribution is -0.119. The molecule has 0 aliphatic heterocycles. The van der Waals surface area contributed by atoms with E-state index in [9.17, 15) is 4.79 Å². The van der Waals surface area contributed by atoms with Crippen molar-refractivity contribution in [3.05, 3.63) is 33.8 Å². The number of nitrogens with one attached hydrogen (secondary N) is 1. The normalized spacial score (nSPS) is 11.5. The maximum Gasteiger partial charge on any atom is 0.230 e. The van der Waals surface area contributed by atoms with Crippen molar-refractivity contribution in [2.45, 2.75) is 39.5 Å². The van der Waals surface area contributed by atoms with Gasteiger partial charge in [0.05, 0.1) is 5.75 Å². The van der Waals surface area contributed by atoms with Gasteiger partial charge in [-0.3, -0.25) is 4.79 Å². The summed E-state index contributed by atoms with van der Waals surface area (Å²) in [4.78, 5) is 12.0. The van der Waals surface area contributed by atoms with Crippen LogP contribution >= 0.6 is 35.0 Å². The first-order chi connectivity index (χ1) is 9.81. The van der Waals surface area contributed by atoms with Crippen LogP contribution in [0.4, 0.5) is 0 Å². The summed E-state index contributed by atoms with van der Waals surface area (Å²) < 4.78 is 0. The molecule has 0 heterocycles. The zero-order chi connectivity index (χ0) is 16.0. The molecular weight excluding hydrogens is 325 g/mol. The molecule has 0 fully saturated rings. The van der Waals surface area contributed by atoms with E-state index in [0.29, 0.717) is 33.4 Å². The molecule has 0 aromatic heterocycles. The van der Waals surface area contributed by atoms with Gasteiger partial charge in [-0.25, -0.2) is 0 Å². The molecule has 2 nitrogen and oxygen atoms in total. The Morgan fingerprint density at radius 2 is 1.81 bits per heavy atom. The molecule has 1 N–H and O–H groups in total. The highest BCUT2D eigenvalue weighted by molar-refractivity contribution is 7.99. The number of hydrogen-bond donors (Lipinski definition) is 1. The van der Waals surface area contributed by atoms with Crippen molar-refractivity contribution in [1.29, 1.82) is 0 Å².